The van der Waals surface area contributed by atoms with Gasteiger partial charge in [0.15, 0.2) is 0 Å². The molecule has 0 fully saturated rings. The molecule has 1 aromatic carbocycles. The molecule has 3 nitrogen and oxygen atoms in total. The molecule has 14 heavy (non-hydrogen) atoms. The minimum absolute atomic E-state index is 0.283. The van der Waals surface area contributed by atoms with Crippen LogP contribution in [-0.2, 0) is 11.2 Å². The monoisotopic (exact) mass is 206 g/mol. The average molecular weight is 207 g/mol. The number of hydrogen-bond donors (Lipinski definition) is 0. The maximum atomic E-state index is 10.7. The lowest BCUT2D eigenvalue weighted by atomic mass is 10.1. The molecule has 0 atom stereocenters. The van der Waals surface area contributed by atoms with E-state index in [0.717, 1.165) is 5.56 Å². The van der Waals surface area contributed by atoms with Crippen LogP contribution in [0.5, 0.6) is 0 Å². The number of nitrogens with zero attached hydrogens (tertiary/aromatic N) is 2. The van der Waals surface area contributed by atoms with Gasteiger partial charge in [0.1, 0.15) is 0 Å². The van der Waals surface area contributed by atoms with Crippen LogP contribution in [0.15, 0.2) is 46.3 Å². The van der Waals surface area contributed by atoms with Crippen LogP contribution in [0, 0.1) is 0 Å². The first-order chi connectivity index (χ1) is 6.74. The number of allylic oxidation sites excluding steroid dienone is 1. The first-order valence-electron chi connectivity index (χ1n) is 4.15. The molecule has 1 aliphatic rings. The van der Waals surface area contributed by atoms with Gasteiger partial charge in [-0.1, -0.05) is 23.7 Å². The Hall–Kier alpha value is -1.48. The molecule has 1 aliphatic heterocycles. The van der Waals surface area contributed by atoms with E-state index < -0.39 is 0 Å². The van der Waals surface area contributed by atoms with E-state index in [9.17, 15) is 4.79 Å². The molecule has 2 rings (SSSR count). The van der Waals surface area contributed by atoms with Crippen LogP contribution in [0.25, 0.3) is 0 Å². The Kier molecular flexibility index (Phi) is 2.41. The minimum atomic E-state index is -0.283. The van der Waals surface area contributed by atoms with Crippen molar-refractivity contribution < 1.29 is 4.79 Å². The van der Waals surface area contributed by atoms with E-state index >= 15 is 0 Å². The normalized spacial score (nSPS) is 14.6. The third-order valence-corrected chi connectivity index (χ3v) is 2.12. The highest BCUT2D eigenvalue weighted by Crippen LogP contribution is 2.16. The molecular formula is C10H7ClN2O. The van der Waals surface area contributed by atoms with Gasteiger partial charge in [0.2, 0.25) is 0 Å². The quantitative estimate of drug-likeness (QED) is 0.734. The van der Waals surface area contributed by atoms with Gasteiger partial charge in [-0.15, -0.1) is 5.11 Å². The lowest BCUT2D eigenvalue weighted by molar-refractivity contribution is -0.113. The van der Waals surface area contributed by atoms with Crippen LogP contribution in [0.4, 0.5) is 0 Å². The first-order valence-corrected chi connectivity index (χ1v) is 4.52. The Morgan fingerprint density at radius 3 is 2.43 bits per heavy atom. The summed E-state index contributed by atoms with van der Waals surface area (Å²) in [5.41, 5.74) is 1.76. The van der Waals surface area contributed by atoms with Gasteiger partial charge in [0.05, 0.1) is 5.70 Å². The van der Waals surface area contributed by atoms with Crippen LogP contribution in [0.1, 0.15) is 5.56 Å². The molecule has 1 aromatic rings. The molecule has 0 radical (unpaired) electrons. The standard InChI is InChI=1S/C10H7ClN2O/c11-8-3-1-7(2-4-8)5-9-6-10(14)13-12-9/h1-4,6H,5H2. The van der Waals surface area contributed by atoms with Crippen LogP contribution < -0.4 is 0 Å². The molecule has 70 valence electrons. The highest BCUT2D eigenvalue weighted by molar-refractivity contribution is 6.30. The summed E-state index contributed by atoms with van der Waals surface area (Å²) in [6, 6.07) is 7.43. The van der Waals surface area contributed by atoms with Gasteiger partial charge in [0.25, 0.3) is 5.91 Å². The van der Waals surface area contributed by atoms with Crippen LogP contribution in [0.3, 0.4) is 0 Å². The fraction of sp³-hybridized carbons (Fsp3) is 0.100. The second kappa shape index (κ2) is 3.72. The van der Waals surface area contributed by atoms with Crippen molar-refractivity contribution in [3.8, 4) is 0 Å². The van der Waals surface area contributed by atoms with Crippen LogP contribution in [-0.4, -0.2) is 5.91 Å². The molecule has 0 unspecified atom stereocenters. The third-order valence-electron chi connectivity index (χ3n) is 1.87. The first kappa shape index (κ1) is 9.09. The summed E-state index contributed by atoms with van der Waals surface area (Å²) in [5, 5.41) is 7.84. The average Bonchev–Trinajstić information content (AvgIpc) is 2.56. The largest absolute Gasteiger partial charge is 0.290 e. The van der Waals surface area contributed by atoms with E-state index in [0.29, 0.717) is 17.1 Å². The number of carbonyl (C=O) groups is 1. The van der Waals surface area contributed by atoms with Gasteiger partial charge in [-0.05, 0) is 17.7 Å². The lowest BCUT2D eigenvalue weighted by Crippen LogP contribution is -1.86. The SMILES string of the molecule is O=C1C=C(Cc2ccc(Cl)cc2)N=N1. The summed E-state index contributed by atoms with van der Waals surface area (Å²) in [6.45, 7) is 0. The second-order valence-electron chi connectivity index (χ2n) is 2.98. The van der Waals surface area contributed by atoms with Crippen molar-refractivity contribution in [2.75, 3.05) is 0 Å². The van der Waals surface area contributed by atoms with Gasteiger partial charge in [-0.2, -0.15) is 5.11 Å². The highest BCUT2D eigenvalue weighted by atomic mass is 35.5. The van der Waals surface area contributed by atoms with Crippen molar-refractivity contribution in [2.45, 2.75) is 6.42 Å². The van der Waals surface area contributed by atoms with Crippen molar-refractivity contribution >= 4 is 17.5 Å². The van der Waals surface area contributed by atoms with Gasteiger partial charge in [-0.3, -0.25) is 4.79 Å². The maximum Gasteiger partial charge on any atom is 0.290 e. The molecule has 0 spiro atoms. The Bertz CT molecular complexity index is 420. The van der Waals surface area contributed by atoms with E-state index in [1.54, 1.807) is 0 Å². The topological polar surface area (TPSA) is 41.8 Å². The summed E-state index contributed by atoms with van der Waals surface area (Å²) in [7, 11) is 0. The van der Waals surface area contributed by atoms with E-state index in [2.05, 4.69) is 10.2 Å². The third kappa shape index (κ3) is 2.06. The maximum absolute atomic E-state index is 10.7. The van der Waals surface area contributed by atoms with Crippen molar-refractivity contribution in [3.63, 3.8) is 0 Å². The number of azo groups is 1. The highest BCUT2D eigenvalue weighted by Gasteiger charge is 2.08. The van der Waals surface area contributed by atoms with Gasteiger partial charge < -0.3 is 0 Å². The number of rotatable bonds is 2. The zero-order chi connectivity index (χ0) is 9.97. The Morgan fingerprint density at radius 2 is 1.86 bits per heavy atom. The number of carbonyl (C=O) groups excluding carboxylic acids is 1. The van der Waals surface area contributed by atoms with Gasteiger partial charge in [0, 0.05) is 17.5 Å². The van der Waals surface area contributed by atoms with E-state index in [-0.39, 0.29) is 5.91 Å². The number of hydrogen-bond acceptors (Lipinski definition) is 2. The minimum Gasteiger partial charge on any atom is -0.266 e. The van der Waals surface area contributed by atoms with E-state index in [1.165, 1.54) is 6.08 Å². The van der Waals surface area contributed by atoms with Crippen LogP contribution in [0.2, 0.25) is 5.02 Å². The van der Waals surface area contributed by atoms with Gasteiger partial charge in [-0.25, -0.2) is 0 Å². The lowest BCUT2D eigenvalue weighted by Gasteiger charge is -1.98. The van der Waals surface area contributed by atoms with E-state index in [1.807, 2.05) is 24.3 Å². The molecule has 0 N–H and O–H groups in total. The summed E-state index contributed by atoms with van der Waals surface area (Å²) >= 11 is 5.74. The predicted octanol–water partition coefficient (Wildman–Crippen LogP) is 2.76. The predicted molar refractivity (Wildman–Crippen MR) is 53.1 cm³/mol. The smallest absolute Gasteiger partial charge is 0.266 e. The van der Waals surface area contributed by atoms with Crippen molar-refractivity contribution in [2.24, 2.45) is 10.2 Å². The fourth-order valence-electron chi connectivity index (χ4n) is 1.21. The fourth-order valence-corrected chi connectivity index (χ4v) is 1.34. The Balaban J connectivity index is 2.12. The number of halogens is 1. The summed E-state index contributed by atoms with van der Waals surface area (Å²) in [4.78, 5) is 10.7. The second-order valence-corrected chi connectivity index (χ2v) is 3.41. The molecule has 0 saturated heterocycles. The van der Waals surface area contributed by atoms with Crippen molar-refractivity contribution in [1.82, 2.24) is 0 Å². The molecule has 0 saturated carbocycles. The van der Waals surface area contributed by atoms with Crippen molar-refractivity contribution in [3.05, 3.63) is 46.6 Å². The molecule has 1 amide bonds. The zero-order valence-corrected chi connectivity index (χ0v) is 8.03. The van der Waals surface area contributed by atoms with Crippen LogP contribution >= 0.6 is 11.6 Å². The number of benzene rings is 1. The summed E-state index contributed by atoms with van der Waals surface area (Å²) in [5.74, 6) is -0.283. The van der Waals surface area contributed by atoms with Crippen molar-refractivity contribution in [1.29, 1.82) is 0 Å². The molecule has 0 bridgehead atoms. The summed E-state index contributed by atoms with van der Waals surface area (Å²) in [6.07, 6.45) is 2.06. The Labute approximate surface area is 86.1 Å². The molecule has 4 heteroatoms. The zero-order valence-electron chi connectivity index (χ0n) is 7.27. The summed E-state index contributed by atoms with van der Waals surface area (Å²) < 4.78 is 0. The Morgan fingerprint density at radius 1 is 1.14 bits per heavy atom. The molecule has 0 aliphatic carbocycles. The van der Waals surface area contributed by atoms with E-state index in [4.69, 9.17) is 11.6 Å². The molecule has 0 aromatic heterocycles. The molecule has 1 heterocycles. The molecular weight excluding hydrogens is 200 g/mol. The number of amides is 1. The van der Waals surface area contributed by atoms with Gasteiger partial charge >= 0.3 is 0 Å².